The van der Waals surface area contributed by atoms with Crippen molar-refractivity contribution in [3.8, 4) is 0 Å². The molecule has 1 amide bonds. The van der Waals surface area contributed by atoms with Gasteiger partial charge in [0.05, 0.1) is 0 Å². The number of carbonyl (C=O) groups excluding carboxylic acids is 1. The van der Waals surface area contributed by atoms with Gasteiger partial charge in [-0.25, -0.2) is 0 Å². The van der Waals surface area contributed by atoms with Gasteiger partial charge in [-0.15, -0.1) is 0 Å². The van der Waals surface area contributed by atoms with Crippen molar-refractivity contribution in [3.05, 3.63) is 0 Å². The van der Waals surface area contributed by atoms with Crippen molar-refractivity contribution in [1.82, 2.24) is 4.90 Å². The monoisotopic (exact) mass is 290 g/mol. The van der Waals surface area contributed by atoms with E-state index in [1.54, 1.807) is 0 Å². The second-order valence-corrected chi connectivity index (χ2v) is 8.55. The van der Waals surface area contributed by atoms with E-state index in [-0.39, 0.29) is 0 Å². The van der Waals surface area contributed by atoms with Crippen molar-refractivity contribution in [3.63, 3.8) is 0 Å². The molecule has 3 heteroatoms. The summed E-state index contributed by atoms with van der Waals surface area (Å²) in [6.45, 7) is 1.60. The highest BCUT2D eigenvalue weighted by Gasteiger charge is 2.52. The number of hydrogen-bond donors (Lipinski definition) is 1. The lowest BCUT2D eigenvalue weighted by molar-refractivity contribution is -0.140. The van der Waals surface area contributed by atoms with Crippen molar-refractivity contribution >= 4 is 5.91 Å². The first kappa shape index (κ1) is 14.0. The summed E-state index contributed by atoms with van der Waals surface area (Å²) in [6.07, 6.45) is 12.7. The number of nitrogens with zero attached hydrogens (tertiary/aromatic N) is 1. The van der Waals surface area contributed by atoms with Gasteiger partial charge in [-0.3, -0.25) is 4.79 Å². The fraction of sp³-hybridized carbons (Fsp3) is 0.944. The highest BCUT2D eigenvalue weighted by molar-refractivity contribution is 5.77. The first-order chi connectivity index (χ1) is 10.2. The molecule has 0 atom stereocenters. The Morgan fingerprint density at radius 3 is 2.10 bits per heavy atom. The first-order valence-corrected chi connectivity index (χ1v) is 9.17. The van der Waals surface area contributed by atoms with E-state index in [9.17, 15) is 4.79 Å². The van der Waals surface area contributed by atoms with Crippen LogP contribution in [0.2, 0.25) is 0 Å². The molecular weight excluding hydrogens is 260 g/mol. The summed E-state index contributed by atoms with van der Waals surface area (Å²) in [5.41, 5.74) is 6.04. The number of hydrogen-bond acceptors (Lipinski definition) is 2. The summed E-state index contributed by atoms with van der Waals surface area (Å²) >= 11 is 0. The van der Waals surface area contributed by atoms with E-state index >= 15 is 0 Å². The molecule has 4 bridgehead atoms. The largest absolute Gasteiger partial charge is 0.340 e. The Kier molecular flexibility index (Phi) is 3.52. The van der Waals surface area contributed by atoms with Crippen molar-refractivity contribution < 1.29 is 4.79 Å². The zero-order chi connectivity index (χ0) is 14.4. The number of rotatable bonds is 6. The Labute approximate surface area is 128 Å². The first-order valence-electron chi connectivity index (χ1n) is 9.17. The summed E-state index contributed by atoms with van der Waals surface area (Å²) in [7, 11) is 0. The molecule has 5 aliphatic carbocycles. The lowest BCUT2D eigenvalue weighted by Crippen LogP contribution is -2.48. The van der Waals surface area contributed by atoms with E-state index < -0.39 is 0 Å². The van der Waals surface area contributed by atoms with Crippen LogP contribution >= 0.6 is 0 Å². The molecule has 5 aliphatic rings. The number of amides is 1. The van der Waals surface area contributed by atoms with Gasteiger partial charge in [0.2, 0.25) is 5.91 Å². The molecule has 0 aliphatic heterocycles. The standard InChI is InChI=1S/C18H30N2O/c19-4-1-5-20(16-2-3-16)17(21)12-18-9-13-6-14(10-18)8-15(7-13)11-18/h13-16H,1-12,19H2. The van der Waals surface area contributed by atoms with Crippen molar-refractivity contribution in [1.29, 1.82) is 0 Å². The molecule has 2 N–H and O–H groups in total. The molecule has 0 aromatic carbocycles. The minimum absolute atomic E-state index is 0.391. The molecule has 0 saturated heterocycles. The molecule has 5 rings (SSSR count). The predicted octanol–water partition coefficient (Wildman–Crippen LogP) is 2.93. The summed E-state index contributed by atoms with van der Waals surface area (Å²) in [4.78, 5) is 15.1. The highest BCUT2D eigenvalue weighted by Crippen LogP contribution is 2.61. The maximum absolute atomic E-state index is 12.9. The molecular formula is C18H30N2O. The van der Waals surface area contributed by atoms with Gasteiger partial charge in [-0.2, -0.15) is 0 Å². The van der Waals surface area contributed by atoms with Gasteiger partial charge >= 0.3 is 0 Å². The van der Waals surface area contributed by atoms with Gasteiger partial charge in [0.15, 0.2) is 0 Å². The fourth-order valence-corrected chi connectivity index (χ4v) is 6.09. The van der Waals surface area contributed by atoms with Crippen LogP contribution in [0.1, 0.15) is 64.2 Å². The lowest BCUT2D eigenvalue weighted by Gasteiger charge is -2.57. The summed E-state index contributed by atoms with van der Waals surface area (Å²) < 4.78 is 0. The Balaban J connectivity index is 1.43. The topological polar surface area (TPSA) is 46.3 Å². The van der Waals surface area contributed by atoms with Crippen LogP contribution < -0.4 is 5.73 Å². The molecule has 0 unspecified atom stereocenters. The SMILES string of the molecule is NCCCN(C(=O)CC12CC3CC(CC(C3)C1)C2)C1CC1. The van der Waals surface area contributed by atoms with E-state index in [0.29, 0.717) is 23.9 Å². The second kappa shape index (κ2) is 5.26. The van der Waals surface area contributed by atoms with E-state index in [4.69, 9.17) is 5.73 Å². The Morgan fingerprint density at radius 2 is 1.62 bits per heavy atom. The lowest BCUT2D eigenvalue weighted by atomic mass is 9.49. The normalized spacial score (nSPS) is 40.5. The molecule has 21 heavy (non-hydrogen) atoms. The van der Waals surface area contributed by atoms with Gasteiger partial charge in [0, 0.05) is 19.0 Å². The summed E-state index contributed by atoms with van der Waals surface area (Å²) in [5, 5.41) is 0. The van der Waals surface area contributed by atoms with Gasteiger partial charge in [0.1, 0.15) is 0 Å². The van der Waals surface area contributed by atoms with Crippen molar-refractivity contribution in [2.24, 2.45) is 28.9 Å². The van der Waals surface area contributed by atoms with Crippen LogP contribution in [0.4, 0.5) is 0 Å². The molecule has 0 aromatic rings. The molecule has 0 heterocycles. The van der Waals surface area contributed by atoms with E-state index in [1.807, 2.05) is 0 Å². The molecule has 0 aromatic heterocycles. The van der Waals surface area contributed by atoms with Crippen LogP contribution in [0.3, 0.4) is 0 Å². The smallest absolute Gasteiger partial charge is 0.223 e. The molecule has 3 nitrogen and oxygen atoms in total. The van der Waals surface area contributed by atoms with Crippen LogP contribution in [0.5, 0.6) is 0 Å². The van der Waals surface area contributed by atoms with Crippen LogP contribution in [-0.4, -0.2) is 29.9 Å². The molecule has 0 radical (unpaired) electrons. The predicted molar refractivity (Wildman–Crippen MR) is 83.6 cm³/mol. The zero-order valence-electron chi connectivity index (χ0n) is 13.2. The Hall–Kier alpha value is -0.570. The molecule has 118 valence electrons. The third-order valence-corrected chi connectivity index (χ3v) is 6.60. The highest BCUT2D eigenvalue weighted by atomic mass is 16.2. The number of nitrogens with two attached hydrogens (primary N) is 1. The average molecular weight is 290 g/mol. The van der Waals surface area contributed by atoms with E-state index in [0.717, 1.165) is 37.1 Å². The molecule has 5 fully saturated rings. The minimum Gasteiger partial charge on any atom is -0.340 e. The maximum Gasteiger partial charge on any atom is 0.223 e. The fourth-order valence-electron chi connectivity index (χ4n) is 6.09. The molecule has 0 spiro atoms. The maximum atomic E-state index is 12.9. The summed E-state index contributed by atoms with van der Waals surface area (Å²) in [6, 6.07) is 0.554. The van der Waals surface area contributed by atoms with Crippen molar-refractivity contribution in [2.75, 3.05) is 13.1 Å². The van der Waals surface area contributed by atoms with Gasteiger partial charge in [-0.1, -0.05) is 0 Å². The quantitative estimate of drug-likeness (QED) is 0.817. The Morgan fingerprint density at radius 1 is 1.05 bits per heavy atom. The average Bonchev–Trinajstić information content (AvgIpc) is 3.21. The van der Waals surface area contributed by atoms with Crippen LogP contribution in [0.15, 0.2) is 0 Å². The van der Waals surface area contributed by atoms with Crippen molar-refractivity contribution in [2.45, 2.75) is 70.3 Å². The van der Waals surface area contributed by atoms with E-state index in [1.165, 1.54) is 51.4 Å². The summed E-state index contributed by atoms with van der Waals surface area (Å²) in [5.74, 6) is 3.29. The van der Waals surface area contributed by atoms with Gasteiger partial charge in [0.25, 0.3) is 0 Å². The molecule has 5 saturated carbocycles. The third-order valence-electron chi connectivity index (χ3n) is 6.60. The van der Waals surface area contributed by atoms with Crippen LogP contribution in [0, 0.1) is 23.2 Å². The van der Waals surface area contributed by atoms with Gasteiger partial charge in [-0.05, 0) is 87.5 Å². The Bertz CT molecular complexity index is 380. The minimum atomic E-state index is 0.391. The van der Waals surface area contributed by atoms with E-state index in [2.05, 4.69) is 4.90 Å². The van der Waals surface area contributed by atoms with Crippen LogP contribution in [-0.2, 0) is 4.79 Å². The van der Waals surface area contributed by atoms with Gasteiger partial charge < -0.3 is 10.6 Å². The second-order valence-electron chi connectivity index (χ2n) is 8.55. The number of carbonyl (C=O) groups is 1. The van der Waals surface area contributed by atoms with Crippen LogP contribution in [0.25, 0.3) is 0 Å². The third kappa shape index (κ3) is 2.74. The zero-order valence-corrected chi connectivity index (χ0v) is 13.2.